The topological polar surface area (TPSA) is 77.8 Å². The molecule has 0 radical (unpaired) electrons. The van der Waals surface area contributed by atoms with Crippen LogP contribution in [-0.4, -0.2) is 37.5 Å². The minimum atomic E-state index is -4.64. The van der Waals surface area contributed by atoms with Crippen molar-refractivity contribution in [2.75, 3.05) is 0 Å². The van der Waals surface area contributed by atoms with E-state index in [4.69, 9.17) is 19.2 Å². The molecular formula is CH4F2LiO4P. The van der Waals surface area contributed by atoms with Crippen LogP contribution in [0, 0.1) is 0 Å². The van der Waals surface area contributed by atoms with Gasteiger partial charge in [0.1, 0.15) is 0 Å². The maximum atomic E-state index is 10.3. The number of hydrogen-bond acceptors (Lipinski definition) is 1. The Morgan fingerprint density at radius 2 is 1.33 bits per heavy atom. The molecule has 0 unspecified atom stereocenters. The van der Waals surface area contributed by atoms with Gasteiger partial charge < -0.3 is 14.7 Å². The molecule has 0 aromatic rings. The molecule has 0 rings (SSSR count). The van der Waals surface area contributed by atoms with Crippen LogP contribution in [0.4, 0.5) is 8.78 Å². The normalized spacial score (nSPS) is 10.7. The summed E-state index contributed by atoms with van der Waals surface area (Å²) >= 11 is 0.833. The molecule has 0 amide bonds. The molecule has 0 saturated carbocycles. The molecule has 0 aliphatic heterocycles. The molecule has 0 fully saturated rings. The predicted octanol–water partition coefficient (Wildman–Crippen LogP) is -0.551. The van der Waals surface area contributed by atoms with Gasteiger partial charge in [0.15, 0.2) is 0 Å². The van der Waals surface area contributed by atoms with Gasteiger partial charge in [-0.3, -0.25) is 0 Å². The van der Waals surface area contributed by atoms with Crippen LogP contribution in [0.1, 0.15) is 0 Å². The maximum absolute atomic E-state index is 10.3. The van der Waals surface area contributed by atoms with Crippen LogP contribution in [0.2, 0.25) is 0 Å². The summed E-state index contributed by atoms with van der Waals surface area (Å²) in [5.41, 5.74) is 0. The summed E-state index contributed by atoms with van der Waals surface area (Å²) in [5.74, 6) is 0. The molecule has 0 aromatic carbocycles. The van der Waals surface area contributed by atoms with Crippen molar-refractivity contribution < 1.29 is 28.0 Å². The zero-order valence-electron chi connectivity index (χ0n) is 4.53. The fourth-order valence-electron chi connectivity index (χ4n) is 0. The van der Waals surface area contributed by atoms with Crippen LogP contribution in [0.15, 0.2) is 0 Å². The van der Waals surface area contributed by atoms with E-state index in [0.717, 1.165) is 17.7 Å². The molecule has 0 heterocycles. The van der Waals surface area contributed by atoms with Gasteiger partial charge in [0, 0.05) is 0 Å². The van der Waals surface area contributed by atoms with Gasteiger partial charge in [-0.2, -0.15) is 0 Å². The molecule has 4 nitrogen and oxygen atoms in total. The SMILES string of the molecule is O=P(O)(O)O.[Li][CH](F)F. The third-order valence-electron chi connectivity index (χ3n) is 0. The zero-order valence-corrected chi connectivity index (χ0v) is 5.42. The summed E-state index contributed by atoms with van der Waals surface area (Å²) in [5, 5.41) is -2.17. The molecule has 0 aliphatic carbocycles. The summed E-state index contributed by atoms with van der Waals surface area (Å²) in [6.45, 7) is 0. The van der Waals surface area contributed by atoms with E-state index in [1.54, 1.807) is 0 Å². The van der Waals surface area contributed by atoms with Crippen LogP contribution in [0.25, 0.3) is 0 Å². The van der Waals surface area contributed by atoms with Crippen molar-refractivity contribution in [2.45, 2.75) is 5.10 Å². The Labute approximate surface area is 59.3 Å². The van der Waals surface area contributed by atoms with Crippen molar-refractivity contribution in [3.63, 3.8) is 0 Å². The summed E-state index contributed by atoms with van der Waals surface area (Å²) in [4.78, 5) is 21.6. The van der Waals surface area contributed by atoms with E-state index in [9.17, 15) is 8.78 Å². The summed E-state index contributed by atoms with van der Waals surface area (Å²) in [6, 6.07) is 0. The Kier molecular flexibility index (Phi) is 7.30. The van der Waals surface area contributed by atoms with Gasteiger partial charge in [0.25, 0.3) is 0 Å². The van der Waals surface area contributed by atoms with Gasteiger partial charge in [-0.05, 0) is 0 Å². The van der Waals surface area contributed by atoms with Gasteiger partial charge in [0.05, 0.1) is 0 Å². The van der Waals surface area contributed by atoms with E-state index in [1.807, 2.05) is 0 Å². The fraction of sp³-hybridized carbons (Fsp3) is 1.00. The van der Waals surface area contributed by atoms with Gasteiger partial charge >= 0.3 is 39.4 Å². The van der Waals surface area contributed by atoms with Crippen molar-refractivity contribution >= 4 is 25.5 Å². The minimum absolute atomic E-state index is 0.833. The molecule has 0 bridgehead atoms. The van der Waals surface area contributed by atoms with E-state index in [1.165, 1.54) is 0 Å². The third-order valence-corrected chi connectivity index (χ3v) is 0. The molecular weight excluding hydrogens is 152 g/mol. The van der Waals surface area contributed by atoms with Crippen molar-refractivity contribution in [1.82, 2.24) is 0 Å². The Morgan fingerprint density at radius 1 is 1.33 bits per heavy atom. The molecule has 0 saturated heterocycles. The van der Waals surface area contributed by atoms with Crippen LogP contribution in [0.5, 0.6) is 0 Å². The van der Waals surface area contributed by atoms with Crippen molar-refractivity contribution in [2.24, 2.45) is 0 Å². The Balaban J connectivity index is 0. The van der Waals surface area contributed by atoms with Crippen molar-refractivity contribution in [3.05, 3.63) is 0 Å². The average Bonchev–Trinajstić information content (AvgIpc) is 1.19. The standard InChI is InChI=1S/CHF2.Li.H3O4P/c2-1-3;;1-5(2,3)4/h1H;;(H3,1,2,3,4). The molecule has 8 heteroatoms. The molecule has 0 aliphatic rings. The zero-order chi connectivity index (χ0) is 8.08. The first-order valence-corrected chi connectivity index (χ1v) is 3.36. The van der Waals surface area contributed by atoms with Crippen LogP contribution in [0.3, 0.4) is 0 Å². The quantitative estimate of drug-likeness (QED) is 0.324. The first kappa shape index (κ1) is 12.3. The third kappa shape index (κ3) is 1150. The molecule has 52 valence electrons. The molecule has 0 atom stereocenters. The molecule has 0 aromatic heterocycles. The number of phosphoric acid groups is 1. The molecule has 3 N–H and O–H groups in total. The van der Waals surface area contributed by atoms with E-state index in [2.05, 4.69) is 0 Å². The number of halogens is 2. The summed E-state index contributed by atoms with van der Waals surface area (Å²) < 4.78 is 29.5. The van der Waals surface area contributed by atoms with E-state index < -0.39 is 12.9 Å². The number of rotatable bonds is 0. The second-order valence-electron chi connectivity index (χ2n) is 1.03. The van der Waals surface area contributed by atoms with Crippen molar-refractivity contribution in [1.29, 1.82) is 0 Å². The Morgan fingerprint density at radius 3 is 1.33 bits per heavy atom. The van der Waals surface area contributed by atoms with Crippen LogP contribution in [-0.2, 0) is 4.57 Å². The Hall–Kier alpha value is 0.567. The second kappa shape index (κ2) is 5.36. The fourth-order valence-corrected chi connectivity index (χ4v) is 0. The Bertz CT molecular complexity index is 89.7. The van der Waals surface area contributed by atoms with E-state index in [-0.39, 0.29) is 0 Å². The van der Waals surface area contributed by atoms with Crippen LogP contribution < -0.4 is 0 Å². The van der Waals surface area contributed by atoms with Crippen molar-refractivity contribution in [3.8, 4) is 0 Å². The number of hydrogen-bond donors (Lipinski definition) is 3. The van der Waals surface area contributed by atoms with Gasteiger partial charge in [-0.1, -0.05) is 0 Å². The first-order valence-electron chi connectivity index (χ1n) is 1.80. The number of alkyl halides is 2. The molecule has 9 heavy (non-hydrogen) atoms. The summed E-state index contributed by atoms with van der Waals surface area (Å²) in [6.07, 6.45) is 0. The summed E-state index contributed by atoms with van der Waals surface area (Å²) in [7, 11) is -4.64. The van der Waals surface area contributed by atoms with E-state index >= 15 is 0 Å². The predicted molar refractivity (Wildman–Crippen MR) is 26.0 cm³/mol. The van der Waals surface area contributed by atoms with E-state index in [0.29, 0.717) is 0 Å². The van der Waals surface area contributed by atoms with Crippen LogP contribution >= 0.6 is 7.82 Å². The average molecular weight is 156 g/mol. The molecule has 0 spiro atoms. The van der Waals surface area contributed by atoms with Gasteiger partial charge in [-0.25, -0.2) is 4.57 Å². The first-order chi connectivity index (χ1) is 3.73. The van der Waals surface area contributed by atoms with Gasteiger partial charge in [-0.15, -0.1) is 0 Å². The monoisotopic (exact) mass is 156 g/mol. The van der Waals surface area contributed by atoms with Gasteiger partial charge in [0.2, 0.25) is 0 Å². The second-order valence-corrected chi connectivity index (χ2v) is 2.06.